The first-order chi connectivity index (χ1) is 42.6. The van der Waals surface area contributed by atoms with Gasteiger partial charge in [-0.05, 0) is 89.9 Å². The summed E-state index contributed by atoms with van der Waals surface area (Å²) in [5.41, 5.74) is 0. The Hall–Kier alpha value is -3.79. The van der Waals surface area contributed by atoms with Gasteiger partial charge in [0.15, 0.2) is 12.4 Å². The molecular weight excluding hydrogens is 1080 g/mol. The highest BCUT2D eigenvalue weighted by Gasteiger charge is 2.22. The lowest BCUT2D eigenvalue weighted by Crippen LogP contribution is -2.44. The Balaban J connectivity index is 4.06. The van der Waals surface area contributed by atoms with E-state index in [1.54, 1.807) is 0 Å². The van der Waals surface area contributed by atoms with E-state index in [2.05, 4.69) is 111 Å². The lowest BCUT2D eigenvalue weighted by Gasteiger charge is -2.26. The van der Waals surface area contributed by atoms with Crippen LogP contribution in [0.3, 0.4) is 0 Å². The summed E-state index contributed by atoms with van der Waals surface area (Å²) in [4.78, 5) is 37.5. The number of allylic oxidation sites excluding steroid dienone is 16. The fourth-order valence-corrected chi connectivity index (χ4v) is 10.3. The number of carbonyl (C=O) groups excluding carboxylic acids is 3. The van der Waals surface area contributed by atoms with Gasteiger partial charge in [0.05, 0.1) is 40.3 Å². The fraction of sp³-hybridized carbons (Fsp3) is 0.756. The molecule has 0 aromatic rings. The van der Waals surface area contributed by atoms with Crippen LogP contribution >= 0.6 is 0 Å². The Labute approximate surface area is 537 Å². The van der Waals surface area contributed by atoms with Crippen molar-refractivity contribution in [1.82, 2.24) is 0 Å². The lowest BCUT2D eigenvalue weighted by molar-refractivity contribution is -0.870. The topological polar surface area (TPSA) is 111 Å². The third kappa shape index (κ3) is 69.5. The second-order valence-electron chi connectivity index (χ2n) is 25.5. The minimum Gasteiger partial charge on any atom is -0.545 e. The minimum absolute atomic E-state index is 0.147. The molecule has 0 heterocycles. The normalized spacial score (nSPS) is 13.3. The number of carboxylic acid groups (broad SMARTS) is 1. The summed E-state index contributed by atoms with van der Waals surface area (Å²) in [6.45, 7) is 4.56. The highest BCUT2D eigenvalue weighted by atomic mass is 16.7. The average Bonchev–Trinajstić information content (AvgIpc) is 3.51. The summed E-state index contributed by atoms with van der Waals surface area (Å²) in [6.07, 6.45) is 90.7. The molecule has 0 aliphatic carbocycles. The maximum absolute atomic E-state index is 12.9. The van der Waals surface area contributed by atoms with Crippen LogP contribution in [0, 0.1) is 0 Å². The summed E-state index contributed by atoms with van der Waals surface area (Å²) in [5, 5.41) is 11.8. The molecule has 0 saturated heterocycles. The van der Waals surface area contributed by atoms with Crippen molar-refractivity contribution in [2.75, 3.05) is 47.5 Å². The van der Waals surface area contributed by atoms with Crippen LogP contribution in [-0.4, -0.2) is 82.3 Å². The number of hydrogen-bond acceptors (Lipinski definition) is 8. The van der Waals surface area contributed by atoms with E-state index < -0.39 is 24.3 Å². The molecule has 0 saturated carbocycles. The van der Waals surface area contributed by atoms with Crippen molar-refractivity contribution in [2.45, 2.75) is 334 Å². The second-order valence-corrected chi connectivity index (χ2v) is 25.5. The quantitative estimate of drug-likeness (QED) is 0.0195. The van der Waals surface area contributed by atoms with Gasteiger partial charge in [0, 0.05) is 12.8 Å². The molecule has 9 heteroatoms. The molecule has 0 bridgehead atoms. The van der Waals surface area contributed by atoms with Crippen molar-refractivity contribution in [1.29, 1.82) is 0 Å². The van der Waals surface area contributed by atoms with Crippen molar-refractivity contribution in [3.8, 4) is 0 Å². The Bertz CT molecular complexity index is 1750. The number of rotatable bonds is 67. The van der Waals surface area contributed by atoms with Crippen LogP contribution in [0.15, 0.2) is 97.2 Å². The van der Waals surface area contributed by atoms with Crippen molar-refractivity contribution in [3.05, 3.63) is 97.2 Å². The van der Waals surface area contributed by atoms with E-state index in [9.17, 15) is 19.5 Å². The maximum atomic E-state index is 12.9. The number of aliphatic carboxylic acids is 1. The molecule has 502 valence electrons. The predicted molar refractivity (Wildman–Crippen MR) is 371 cm³/mol. The molecule has 0 rings (SSSR count). The smallest absolute Gasteiger partial charge is 0.306 e. The molecular formula is C78H137NO8. The standard InChI is InChI=1S/C78H137NO8/c1-6-8-10-12-14-16-18-20-22-24-26-28-30-32-34-36-38-40-42-44-46-48-50-52-54-56-58-60-62-64-66-68-75(80)85-72-74(73-86-78(77(82)83)84-71-70-79(3,4)5)87-76(81)69-67-65-63-61-59-57-55-53-51-49-47-45-43-41-39-37-35-33-31-29-27-25-23-21-19-17-15-13-11-9-7-2/h8-11,14-17,20-23,26-29,74,78H,6-7,12-13,18-19,24-25,30-73H2,1-5H3/b10-8-,11-9-,16-14-,17-15-,22-20-,23-21-,28-26-,29-27-. The summed E-state index contributed by atoms with van der Waals surface area (Å²) >= 11 is 0. The van der Waals surface area contributed by atoms with E-state index in [1.807, 2.05) is 21.1 Å². The number of carbonyl (C=O) groups is 3. The summed E-state index contributed by atoms with van der Waals surface area (Å²) in [5.74, 6) is -2.27. The zero-order valence-electron chi connectivity index (χ0n) is 57.4. The number of likely N-dealkylation sites (N-methyl/N-ethyl adjacent to an activating group) is 1. The summed E-state index contributed by atoms with van der Waals surface area (Å²) < 4.78 is 22.8. The van der Waals surface area contributed by atoms with Crippen LogP contribution in [0.1, 0.15) is 322 Å². The monoisotopic (exact) mass is 1220 g/mol. The SMILES string of the molecule is CC/C=C\C/C=C\C/C=C\C/C=C\CCCCCCCCCCCCCCCCCCCCC(=O)OCC(COC(OCC[N+](C)(C)C)C(=O)[O-])OC(=O)CCCCCCCCCCCCCCCCCCCC/C=C\C/C=C\C/C=C\C/C=C\CC. The molecule has 0 N–H and O–H groups in total. The molecule has 0 fully saturated rings. The molecule has 0 radical (unpaired) electrons. The van der Waals surface area contributed by atoms with Crippen LogP contribution in [0.5, 0.6) is 0 Å². The van der Waals surface area contributed by atoms with Gasteiger partial charge in [-0.15, -0.1) is 0 Å². The zero-order chi connectivity index (χ0) is 63.3. The van der Waals surface area contributed by atoms with Gasteiger partial charge in [0.25, 0.3) is 0 Å². The number of quaternary nitrogens is 1. The van der Waals surface area contributed by atoms with Gasteiger partial charge in [-0.3, -0.25) is 9.59 Å². The third-order valence-corrected chi connectivity index (χ3v) is 15.8. The number of unbranched alkanes of at least 4 members (excludes halogenated alkanes) is 36. The molecule has 87 heavy (non-hydrogen) atoms. The lowest BCUT2D eigenvalue weighted by atomic mass is 10.0. The van der Waals surface area contributed by atoms with Gasteiger partial charge >= 0.3 is 11.9 Å². The van der Waals surface area contributed by atoms with Gasteiger partial charge in [0.1, 0.15) is 13.2 Å². The predicted octanol–water partition coefficient (Wildman–Crippen LogP) is 21.5. The molecule has 0 spiro atoms. The van der Waals surface area contributed by atoms with E-state index in [0.29, 0.717) is 23.9 Å². The second kappa shape index (κ2) is 68.1. The molecule has 0 amide bonds. The molecule has 0 aliphatic heterocycles. The number of carboxylic acids is 1. The van der Waals surface area contributed by atoms with Crippen molar-refractivity contribution < 1.29 is 42.9 Å². The molecule has 2 atom stereocenters. The van der Waals surface area contributed by atoms with Gasteiger partial charge in [0.2, 0.25) is 0 Å². The molecule has 0 aromatic heterocycles. The first-order valence-electron chi connectivity index (χ1n) is 36.4. The summed E-state index contributed by atoms with van der Waals surface area (Å²) in [6, 6.07) is 0. The number of nitrogens with zero attached hydrogens (tertiary/aromatic N) is 1. The average molecular weight is 1220 g/mol. The number of hydrogen-bond donors (Lipinski definition) is 0. The van der Waals surface area contributed by atoms with E-state index >= 15 is 0 Å². The van der Waals surface area contributed by atoms with Crippen molar-refractivity contribution in [3.63, 3.8) is 0 Å². The van der Waals surface area contributed by atoms with E-state index in [4.69, 9.17) is 18.9 Å². The van der Waals surface area contributed by atoms with Gasteiger partial charge < -0.3 is 33.3 Å². The van der Waals surface area contributed by atoms with Crippen molar-refractivity contribution in [2.24, 2.45) is 0 Å². The molecule has 0 aromatic carbocycles. The highest BCUT2D eigenvalue weighted by Crippen LogP contribution is 2.18. The van der Waals surface area contributed by atoms with Crippen LogP contribution in [-0.2, 0) is 33.3 Å². The minimum atomic E-state index is -1.62. The zero-order valence-corrected chi connectivity index (χ0v) is 57.4. The molecule has 2 unspecified atom stereocenters. The van der Waals surface area contributed by atoms with Crippen LogP contribution in [0.4, 0.5) is 0 Å². The first kappa shape index (κ1) is 83.2. The van der Waals surface area contributed by atoms with E-state index in [0.717, 1.165) is 83.5 Å². The third-order valence-electron chi connectivity index (χ3n) is 15.8. The van der Waals surface area contributed by atoms with Crippen molar-refractivity contribution >= 4 is 17.9 Å². The highest BCUT2D eigenvalue weighted by molar-refractivity contribution is 5.70. The van der Waals surface area contributed by atoms with E-state index in [-0.39, 0.29) is 32.2 Å². The van der Waals surface area contributed by atoms with Gasteiger partial charge in [-0.1, -0.05) is 317 Å². The first-order valence-corrected chi connectivity index (χ1v) is 36.4. The van der Waals surface area contributed by atoms with Crippen LogP contribution in [0.25, 0.3) is 0 Å². The molecule has 9 nitrogen and oxygen atoms in total. The molecule has 0 aliphatic rings. The maximum Gasteiger partial charge on any atom is 0.306 e. The van der Waals surface area contributed by atoms with Gasteiger partial charge in [-0.2, -0.15) is 0 Å². The van der Waals surface area contributed by atoms with E-state index in [1.165, 1.54) is 205 Å². The fourth-order valence-electron chi connectivity index (χ4n) is 10.3. The Morgan fingerprint density at radius 1 is 0.345 bits per heavy atom. The Morgan fingerprint density at radius 2 is 0.621 bits per heavy atom. The number of esters is 2. The Morgan fingerprint density at radius 3 is 0.920 bits per heavy atom. The largest absolute Gasteiger partial charge is 0.545 e. The van der Waals surface area contributed by atoms with Gasteiger partial charge in [-0.25, -0.2) is 0 Å². The van der Waals surface area contributed by atoms with Crippen LogP contribution < -0.4 is 5.11 Å². The summed E-state index contributed by atoms with van der Waals surface area (Å²) in [7, 11) is 5.94. The Kier molecular flexibility index (Phi) is 65.2. The number of ether oxygens (including phenoxy) is 4. The van der Waals surface area contributed by atoms with Crippen LogP contribution in [0.2, 0.25) is 0 Å².